The fourth-order valence-electron chi connectivity index (χ4n) is 3.72. The molecule has 2 aromatic heterocycles. The predicted octanol–water partition coefficient (Wildman–Crippen LogP) is 2.68. The molecule has 2 N–H and O–H groups in total. The summed E-state index contributed by atoms with van der Waals surface area (Å²) >= 11 is 0. The highest BCUT2D eigenvalue weighted by Crippen LogP contribution is 2.23. The second-order valence-corrected chi connectivity index (χ2v) is 8.20. The van der Waals surface area contributed by atoms with Crippen LogP contribution in [0.5, 0.6) is 0 Å². The Bertz CT molecular complexity index is 1030. The van der Waals surface area contributed by atoms with Crippen LogP contribution in [0.4, 0.5) is 5.69 Å². The molecule has 1 aliphatic heterocycles. The van der Waals surface area contributed by atoms with Crippen LogP contribution in [0.25, 0.3) is 5.65 Å². The largest absolute Gasteiger partial charge is 0.354 e. The topological polar surface area (TPSA) is 86.4 Å². The first-order valence-electron chi connectivity index (χ1n) is 10.4. The van der Waals surface area contributed by atoms with Gasteiger partial charge in [-0.05, 0) is 58.4 Å². The van der Waals surface area contributed by atoms with Crippen molar-refractivity contribution >= 4 is 29.7 Å². The van der Waals surface area contributed by atoms with E-state index in [0.717, 1.165) is 42.1 Å². The van der Waals surface area contributed by atoms with Crippen LogP contribution in [0.15, 0.2) is 40.5 Å². The molecule has 0 aromatic carbocycles. The third kappa shape index (κ3) is 4.59. The predicted molar refractivity (Wildman–Crippen MR) is 120 cm³/mol. The maximum atomic E-state index is 12.6. The van der Waals surface area contributed by atoms with E-state index in [1.807, 2.05) is 36.7 Å². The number of anilines is 1. The summed E-state index contributed by atoms with van der Waals surface area (Å²) in [4.78, 5) is 27.7. The third-order valence-corrected chi connectivity index (χ3v) is 5.59. The van der Waals surface area contributed by atoms with Gasteiger partial charge < -0.3 is 19.9 Å². The Kier molecular flexibility index (Phi) is 5.67. The van der Waals surface area contributed by atoms with Gasteiger partial charge in [0.1, 0.15) is 17.2 Å². The zero-order valence-electron chi connectivity index (χ0n) is 17.9. The molecule has 2 aromatic rings. The number of fused-ring (bicyclic) bond motifs is 1. The van der Waals surface area contributed by atoms with E-state index in [1.54, 1.807) is 13.1 Å². The van der Waals surface area contributed by atoms with Gasteiger partial charge in [-0.2, -0.15) is 0 Å². The van der Waals surface area contributed by atoms with Crippen LogP contribution in [-0.2, 0) is 4.79 Å². The number of nitrogens with zero attached hydrogens (tertiary/aromatic N) is 5. The first-order chi connectivity index (χ1) is 14.4. The van der Waals surface area contributed by atoms with Gasteiger partial charge in [0.05, 0.1) is 17.6 Å². The molecule has 8 heteroatoms. The molecule has 0 radical (unpaired) electrons. The molecule has 1 atom stereocenters. The smallest absolute Gasteiger partial charge is 0.269 e. The Balaban J connectivity index is 1.42. The molecule has 1 unspecified atom stereocenters. The minimum Gasteiger partial charge on any atom is -0.354 e. The number of rotatable bonds is 7. The third-order valence-electron chi connectivity index (χ3n) is 5.59. The van der Waals surface area contributed by atoms with E-state index in [2.05, 4.69) is 37.2 Å². The van der Waals surface area contributed by atoms with Crippen molar-refractivity contribution in [2.45, 2.75) is 52.1 Å². The van der Waals surface area contributed by atoms with Crippen LogP contribution < -0.4 is 10.6 Å². The maximum Gasteiger partial charge on any atom is 0.269 e. The molecule has 1 saturated carbocycles. The average molecular weight is 408 g/mol. The monoisotopic (exact) mass is 407 g/mol. The molecule has 158 valence electrons. The Hall–Kier alpha value is -3.00. The number of aryl methyl sites for hydroxylation is 2. The highest BCUT2D eigenvalue weighted by Gasteiger charge is 2.29. The van der Waals surface area contributed by atoms with E-state index in [1.165, 1.54) is 12.8 Å². The summed E-state index contributed by atoms with van der Waals surface area (Å²) < 4.78 is 1.91. The van der Waals surface area contributed by atoms with E-state index in [9.17, 15) is 4.79 Å². The molecule has 0 spiro atoms. The van der Waals surface area contributed by atoms with Gasteiger partial charge in [-0.25, -0.2) is 9.98 Å². The number of amides is 1. The minimum atomic E-state index is -0.247. The first-order valence-corrected chi connectivity index (χ1v) is 10.4. The lowest BCUT2D eigenvalue weighted by Gasteiger charge is -2.18. The molecule has 4 rings (SSSR count). The summed E-state index contributed by atoms with van der Waals surface area (Å²) in [6.45, 7) is 11.1. The minimum absolute atomic E-state index is 0.247. The molecule has 1 aliphatic carbocycles. The Morgan fingerprint density at radius 3 is 2.80 bits per heavy atom. The van der Waals surface area contributed by atoms with E-state index in [0.29, 0.717) is 23.6 Å². The van der Waals surface area contributed by atoms with Crippen molar-refractivity contribution < 1.29 is 4.79 Å². The summed E-state index contributed by atoms with van der Waals surface area (Å²) in [6, 6.07) is 3.13. The molecule has 2 fully saturated rings. The van der Waals surface area contributed by atoms with E-state index in [-0.39, 0.29) is 5.91 Å². The van der Waals surface area contributed by atoms with Crippen LogP contribution in [0.1, 0.15) is 37.4 Å². The Morgan fingerprint density at radius 1 is 1.27 bits per heavy atom. The first kappa shape index (κ1) is 20.3. The van der Waals surface area contributed by atoms with Crippen LogP contribution in [-0.4, -0.2) is 57.8 Å². The average Bonchev–Trinajstić information content (AvgIpc) is 3.28. The van der Waals surface area contributed by atoms with Gasteiger partial charge in [-0.3, -0.25) is 9.79 Å². The fraction of sp³-hybridized carbons (Fsp3) is 0.455. The highest BCUT2D eigenvalue weighted by atomic mass is 16.1. The SMILES string of the molecule is C=N/C(=C\N=C(/C)C(=O)Nc1cn2cc(C)nc2cc1C)N1CCC(NC2CC2)C1. The molecule has 1 saturated heterocycles. The lowest BCUT2D eigenvalue weighted by Crippen LogP contribution is -2.33. The number of pyridine rings is 1. The van der Waals surface area contributed by atoms with E-state index >= 15 is 0 Å². The molecule has 1 amide bonds. The molecular formula is C22H29N7O. The molecular weight excluding hydrogens is 378 g/mol. The number of nitrogens with one attached hydrogen (secondary N) is 2. The Morgan fingerprint density at radius 2 is 2.07 bits per heavy atom. The van der Waals surface area contributed by atoms with Crippen LogP contribution >= 0.6 is 0 Å². The summed E-state index contributed by atoms with van der Waals surface area (Å²) in [5.41, 5.74) is 3.84. The van der Waals surface area contributed by atoms with Crippen LogP contribution in [0, 0.1) is 13.8 Å². The lowest BCUT2D eigenvalue weighted by molar-refractivity contribution is -0.110. The van der Waals surface area contributed by atoms with Crippen molar-refractivity contribution in [3.63, 3.8) is 0 Å². The van der Waals surface area contributed by atoms with Gasteiger partial charge in [0, 0.05) is 37.6 Å². The summed E-state index contributed by atoms with van der Waals surface area (Å²) in [6.07, 6.45) is 9.09. The second kappa shape index (κ2) is 8.39. The Labute approximate surface area is 176 Å². The van der Waals surface area contributed by atoms with Gasteiger partial charge in [0.2, 0.25) is 0 Å². The van der Waals surface area contributed by atoms with Gasteiger partial charge in [0.25, 0.3) is 5.91 Å². The zero-order chi connectivity index (χ0) is 21.3. The van der Waals surface area contributed by atoms with Crippen molar-refractivity contribution in [2.24, 2.45) is 9.98 Å². The van der Waals surface area contributed by atoms with Gasteiger partial charge >= 0.3 is 0 Å². The zero-order valence-corrected chi connectivity index (χ0v) is 17.9. The fourth-order valence-corrected chi connectivity index (χ4v) is 3.72. The summed E-state index contributed by atoms with van der Waals surface area (Å²) in [5.74, 6) is 0.456. The molecule has 30 heavy (non-hydrogen) atoms. The number of carbonyl (C=O) groups excluding carboxylic acids is 1. The number of aliphatic imine (C=N–C) groups is 2. The van der Waals surface area contributed by atoms with E-state index < -0.39 is 0 Å². The van der Waals surface area contributed by atoms with Crippen molar-refractivity contribution in [1.82, 2.24) is 19.6 Å². The number of hydrogen-bond donors (Lipinski definition) is 2. The molecule has 0 bridgehead atoms. The number of imidazole rings is 1. The number of likely N-dealkylation sites (tertiary alicyclic amines) is 1. The maximum absolute atomic E-state index is 12.6. The number of aromatic nitrogens is 2. The molecule has 3 heterocycles. The number of carbonyl (C=O) groups is 1. The van der Waals surface area contributed by atoms with E-state index in [4.69, 9.17) is 0 Å². The summed E-state index contributed by atoms with van der Waals surface area (Å²) in [5, 5.41) is 6.60. The van der Waals surface area contributed by atoms with Gasteiger partial charge in [-0.1, -0.05) is 0 Å². The van der Waals surface area contributed by atoms with Gasteiger partial charge in [0.15, 0.2) is 0 Å². The highest BCUT2D eigenvalue weighted by molar-refractivity contribution is 6.42. The standard InChI is InChI=1S/C22H29N7O/c1-14-9-20-25-15(2)11-29(20)13-19(14)27-22(30)16(3)24-10-21(23-4)28-8-7-18(12-28)26-17-5-6-17/h9-11,13,17-18,26H,4-8,12H2,1-3H3,(H,27,30)/b21-10+,24-16+. The second-order valence-electron chi connectivity index (χ2n) is 8.20. The normalized spacial score (nSPS) is 20.1. The molecule has 8 nitrogen and oxygen atoms in total. The molecule has 2 aliphatic rings. The van der Waals surface area contributed by atoms with Gasteiger partial charge in [-0.15, -0.1) is 0 Å². The lowest BCUT2D eigenvalue weighted by atomic mass is 10.2. The van der Waals surface area contributed by atoms with Crippen LogP contribution in [0.3, 0.4) is 0 Å². The van der Waals surface area contributed by atoms with Crippen molar-refractivity contribution in [3.05, 3.63) is 41.7 Å². The summed E-state index contributed by atoms with van der Waals surface area (Å²) in [7, 11) is 0. The number of hydrogen-bond acceptors (Lipinski definition) is 6. The van der Waals surface area contributed by atoms with Crippen molar-refractivity contribution in [1.29, 1.82) is 0 Å². The van der Waals surface area contributed by atoms with Crippen molar-refractivity contribution in [3.8, 4) is 0 Å². The quantitative estimate of drug-likeness (QED) is 0.691. The van der Waals surface area contributed by atoms with Crippen LogP contribution in [0.2, 0.25) is 0 Å². The van der Waals surface area contributed by atoms with Crippen molar-refractivity contribution in [2.75, 3.05) is 18.4 Å².